The average Bonchev–Trinajstić information content (AvgIpc) is 2.76. The average molecular weight is 232 g/mol. The van der Waals surface area contributed by atoms with Crippen LogP contribution in [0, 0.1) is 0 Å². The van der Waals surface area contributed by atoms with E-state index in [4.69, 9.17) is 15.0 Å². The van der Waals surface area contributed by atoms with Crippen molar-refractivity contribution < 1.29 is 9.26 Å². The van der Waals surface area contributed by atoms with E-state index in [1.807, 2.05) is 25.1 Å². The SMILES string of the molecule is COC(C)Cc1ccccc1-c1cc(N)no1. The van der Waals surface area contributed by atoms with E-state index >= 15 is 0 Å². The predicted octanol–water partition coefficient (Wildman–Crippen LogP) is 2.50. The van der Waals surface area contributed by atoms with Gasteiger partial charge in [0.1, 0.15) is 0 Å². The van der Waals surface area contributed by atoms with Gasteiger partial charge in [-0.2, -0.15) is 0 Å². The van der Waals surface area contributed by atoms with Crippen LogP contribution < -0.4 is 5.73 Å². The molecule has 17 heavy (non-hydrogen) atoms. The topological polar surface area (TPSA) is 61.3 Å². The van der Waals surface area contributed by atoms with Crippen LogP contribution >= 0.6 is 0 Å². The van der Waals surface area contributed by atoms with Crippen LogP contribution in [0.2, 0.25) is 0 Å². The zero-order valence-corrected chi connectivity index (χ0v) is 10.0. The summed E-state index contributed by atoms with van der Waals surface area (Å²) in [5.74, 6) is 1.09. The smallest absolute Gasteiger partial charge is 0.169 e. The van der Waals surface area contributed by atoms with Crippen molar-refractivity contribution in [1.82, 2.24) is 5.16 Å². The molecule has 0 spiro atoms. The lowest BCUT2D eigenvalue weighted by Crippen LogP contribution is -2.09. The number of nitrogens with two attached hydrogens (primary N) is 1. The molecule has 2 rings (SSSR count). The van der Waals surface area contributed by atoms with Gasteiger partial charge in [0.2, 0.25) is 0 Å². The Balaban J connectivity index is 2.33. The number of aromatic nitrogens is 1. The maximum atomic E-state index is 5.56. The minimum absolute atomic E-state index is 0.163. The number of nitrogen functional groups attached to an aromatic ring is 1. The summed E-state index contributed by atoms with van der Waals surface area (Å²) in [6.07, 6.45) is 0.990. The van der Waals surface area contributed by atoms with Gasteiger partial charge in [0.25, 0.3) is 0 Å². The van der Waals surface area contributed by atoms with Crippen LogP contribution in [0.5, 0.6) is 0 Å². The minimum Gasteiger partial charge on any atom is -0.381 e. The number of hydrogen-bond donors (Lipinski definition) is 1. The van der Waals surface area contributed by atoms with E-state index in [0.29, 0.717) is 11.6 Å². The number of hydrogen-bond acceptors (Lipinski definition) is 4. The van der Waals surface area contributed by atoms with Gasteiger partial charge < -0.3 is 15.0 Å². The highest BCUT2D eigenvalue weighted by Crippen LogP contribution is 2.26. The summed E-state index contributed by atoms with van der Waals surface area (Å²) in [5.41, 5.74) is 7.74. The standard InChI is InChI=1S/C13H16N2O2/c1-9(16-2)7-10-5-3-4-6-11(10)12-8-13(14)15-17-12/h3-6,8-9H,7H2,1-2H3,(H2,14,15). The molecule has 0 bridgehead atoms. The predicted molar refractivity (Wildman–Crippen MR) is 66.5 cm³/mol. The molecule has 0 aliphatic rings. The first-order valence-electron chi connectivity index (χ1n) is 5.54. The fraction of sp³-hybridized carbons (Fsp3) is 0.308. The van der Waals surface area contributed by atoms with Crippen molar-refractivity contribution in [2.24, 2.45) is 0 Å². The Hall–Kier alpha value is -1.81. The van der Waals surface area contributed by atoms with Gasteiger partial charge in [-0.3, -0.25) is 0 Å². The summed E-state index contributed by atoms with van der Waals surface area (Å²) in [6, 6.07) is 9.76. The van der Waals surface area contributed by atoms with Gasteiger partial charge in [0.05, 0.1) is 6.10 Å². The molecular weight excluding hydrogens is 216 g/mol. The van der Waals surface area contributed by atoms with Crippen LogP contribution in [0.1, 0.15) is 12.5 Å². The molecule has 0 saturated heterocycles. The Morgan fingerprint density at radius 1 is 1.41 bits per heavy atom. The lowest BCUT2D eigenvalue weighted by atomic mass is 10.0. The molecule has 90 valence electrons. The third-order valence-corrected chi connectivity index (χ3v) is 2.72. The Morgan fingerprint density at radius 2 is 2.18 bits per heavy atom. The summed E-state index contributed by atoms with van der Waals surface area (Å²) in [6.45, 7) is 2.03. The van der Waals surface area contributed by atoms with Crippen molar-refractivity contribution in [1.29, 1.82) is 0 Å². The lowest BCUT2D eigenvalue weighted by molar-refractivity contribution is 0.119. The van der Waals surface area contributed by atoms with Crippen LogP contribution in [0.3, 0.4) is 0 Å². The number of nitrogens with zero attached hydrogens (tertiary/aromatic N) is 1. The Kier molecular flexibility index (Phi) is 3.44. The molecule has 0 amide bonds. The molecule has 0 fully saturated rings. The first kappa shape index (κ1) is 11.7. The van der Waals surface area contributed by atoms with Gasteiger partial charge in [-0.25, -0.2) is 0 Å². The number of benzene rings is 1. The lowest BCUT2D eigenvalue weighted by Gasteiger charge is -2.11. The number of rotatable bonds is 4. The highest BCUT2D eigenvalue weighted by molar-refractivity contribution is 5.64. The van der Waals surface area contributed by atoms with Crippen LogP contribution in [-0.4, -0.2) is 18.4 Å². The fourth-order valence-corrected chi connectivity index (χ4v) is 1.75. The van der Waals surface area contributed by atoms with Crippen LogP contribution in [0.15, 0.2) is 34.9 Å². The number of methoxy groups -OCH3 is 1. The molecule has 0 aliphatic heterocycles. The first-order chi connectivity index (χ1) is 8.20. The summed E-state index contributed by atoms with van der Waals surface area (Å²) in [4.78, 5) is 0. The molecule has 0 saturated carbocycles. The van der Waals surface area contributed by atoms with Crippen molar-refractivity contribution in [3.63, 3.8) is 0 Å². The maximum Gasteiger partial charge on any atom is 0.169 e. The van der Waals surface area contributed by atoms with Crippen molar-refractivity contribution in [2.45, 2.75) is 19.4 Å². The summed E-state index contributed by atoms with van der Waals surface area (Å²) in [7, 11) is 1.71. The highest BCUT2D eigenvalue weighted by Gasteiger charge is 2.11. The molecule has 1 heterocycles. The summed E-state index contributed by atoms with van der Waals surface area (Å²) < 4.78 is 10.5. The molecule has 0 aliphatic carbocycles. The molecule has 1 aromatic carbocycles. The van der Waals surface area contributed by atoms with Gasteiger partial charge in [-0.15, -0.1) is 0 Å². The first-order valence-corrected chi connectivity index (χ1v) is 5.54. The van der Waals surface area contributed by atoms with E-state index < -0.39 is 0 Å². The number of anilines is 1. The molecular formula is C13H16N2O2. The summed E-state index contributed by atoms with van der Waals surface area (Å²) in [5, 5.41) is 3.70. The van der Waals surface area contributed by atoms with E-state index in [1.54, 1.807) is 13.2 Å². The van der Waals surface area contributed by atoms with Gasteiger partial charge in [0, 0.05) is 18.7 Å². The van der Waals surface area contributed by atoms with Crippen molar-refractivity contribution in [3.8, 4) is 11.3 Å². The second-order valence-corrected chi connectivity index (χ2v) is 4.02. The highest BCUT2D eigenvalue weighted by atomic mass is 16.5. The number of ether oxygens (including phenoxy) is 1. The van der Waals surface area contributed by atoms with Crippen molar-refractivity contribution >= 4 is 5.82 Å². The second kappa shape index (κ2) is 5.01. The Bertz CT molecular complexity index is 494. The molecule has 1 atom stereocenters. The summed E-state index contributed by atoms with van der Waals surface area (Å²) >= 11 is 0. The fourth-order valence-electron chi connectivity index (χ4n) is 1.75. The normalized spacial score (nSPS) is 12.6. The van der Waals surface area contributed by atoms with Gasteiger partial charge in [-0.1, -0.05) is 29.4 Å². The van der Waals surface area contributed by atoms with E-state index in [-0.39, 0.29) is 6.10 Å². The van der Waals surface area contributed by atoms with Crippen molar-refractivity contribution in [3.05, 3.63) is 35.9 Å². The molecule has 1 unspecified atom stereocenters. The zero-order chi connectivity index (χ0) is 12.3. The Labute approximate surface area is 100 Å². The molecule has 4 heteroatoms. The van der Waals surface area contributed by atoms with E-state index in [1.165, 1.54) is 0 Å². The van der Waals surface area contributed by atoms with Crippen LogP contribution in [-0.2, 0) is 11.2 Å². The quantitative estimate of drug-likeness (QED) is 0.879. The second-order valence-electron chi connectivity index (χ2n) is 4.02. The van der Waals surface area contributed by atoms with E-state index in [0.717, 1.165) is 17.5 Å². The third-order valence-electron chi connectivity index (χ3n) is 2.72. The molecule has 2 N–H and O–H groups in total. The molecule has 4 nitrogen and oxygen atoms in total. The molecule has 0 radical (unpaired) electrons. The zero-order valence-electron chi connectivity index (χ0n) is 10.0. The molecule has 1 aromatic heterocycles. The largest absolute Gasteiger partial charge is 0.381 e. The van der Waals surface area contributed by atoms with E-state index in [9.17, 15) is 0 Å². The van der Waals surface area contributed by atoms with Gasteiger partial charge in [-0.05, 0) is 18.9 Å². The van der Waals surface area contributed by atoms with Crippen LogP contribution in [0.4, 0.5) is 5.82 Å². The maximum absolute atomic E-state index is 5.56. The van der Waals surface area contributed by atoms with Gasteiger partial charge >= 0.3 is 0 Å². The monoisotopic (exact) mass is 232 g/mol. The van der Waals surface area contributed by atoms with Crippen LogP contribution in [0.25, 0.3) is 11.3 Å². The van der Waals surface area contributed by atoms with E-state index in [2.05, 4.69) is 11.2 Å². The Morgan fingerprint density at radius 3 is 2.82 bits per heavy atom. The van der Waals surface area contributed by atoms with Crippen molar-refractivity contribution in [2.75, 3.05) is 12.8 Å². The van der Waals surface area contributed by atoms with Gasteiger partial charge in [0.15, 0.2) is 11.6 Å². The minimum atomic E-state index is 0.163. The third kappa shape index (κ3) is 2.65. The molecule has 2 aromatic rings.